The van der Waals surface area contributed by atoms with Gasteiger partial charge in [-0.1, -0.05) is 37.3 Å². The maximum absolute atomic E-state index is 12.1. The molecule has 1 rings (SSSR count). The molecular formula is C14H28O4SSi4. The molecule has 130 valence electrons. The average molecular weight is 405 g/mol. The van der Waals surface area contributed by atoms with Gasteiger partial charge in [-0.05, 0) is 51.7 Å². The van der Waals surface area contributed by atoms with Crippen LogP contribution in [0.4, 0.5) is 0 Å². The molecule has 0 fully saturated rings. The molecule has 1 aromatic carbocycles. The fourth-order valence-electron chi connectivity index (χ4n) is 2.27. The summed E-state index contributed by atoms with van der Waals surface area (Å²) >= 11 is 4.14. The van der Waals surface area contributed by atoms with Crippen molar-refractivity contribution in [3.8, 4) is 0 Å². The Hall–Kier alpha value is 0.118. The van der Waals surface area contributed by atoms with Crippen molar-refractivity contribution in [2.45, 2.75) is 51.4 Å². The lowest BCUT2D eigenvalue weighted by atomic mass is 10.4. The summed E-state index contributed by atoms with van der Waals surface area (Å²) < 4.78 is 30.6. The molecule has 0 aliphatic carbocycles. The largest absolute Gasteiger partial charge is 0.527 e. The summed E-state index contributed by atoms with van der Waals surface area (Å²) in [5, 5.41) is 0.911. The molecule has 0 aliphatic rings. The van der Waals surface area contributed by atoms with Gasteiger partial charge in [0.2, 0.25) is 0 Å². The predicted octanol–water partition coefficient (Wildman–Crippen LogP) is 3.75. The Balaban J connectivity index is 3.21. The quantitative estimate of drug-likeness (QED) is 0.387. The zero-order valence-electron chi connectivity index (χ0n) is 14.9. The molecule has 23 heavy (non-hydrogen) atoms. The molecule has 1 atom stereocenters. The first kappa shape index (κ1) is 21.2. The summed E-state index contributed by atoms with van der Waals surface area (Å²) in [6, 6.07) is 10.5. The lowest BCUT2D eigenvalue weighted by molar-refractivity contribution is 0.296. The van der Waals surface area contributed by atoms with Crippen LogP contribution in [0.15, 0.2) is 30.3 Å². The third-order valence-corrected chi connectivity index (χ3v) is 17.7. The Morgan fingerprint density at radius 1 is 1.04 bits per heavy atom. The van der Waals surface area contributed by atoms with Crippen molar-refractivity contribution < 1.29 is 16.6 Å². The van der Waals surface area contributed by atoms with Gasteiger partial charge in [0.1, 0.15) is 0 Å². The minimum Gasteiger partial charge on any atom is -0.413 e. The third kappa shape index (κ3) is 6.86. The molecule has 0 heterocycles. The highest BCUT2D eigenvalue weighted by atomic mass is 32.1. The highest BCUT2D eigenvalue weighted by Gasteiger charge is 2.51. The normalized spacial score (nSPS) is 15.3. The molecule has 1 aromatic rings. The standard InChI is InChI=1S/C14H28O4SSi4/c1-7-20(15)13-22(5,6)18-23(16-19,17-21(2,3)4)14-11-9-8-10-12-14/h8-12,19H,7,13H2,1-6H3. The maximum Gasteiger partial charge on any atom is 0.527 e. The number of hydrogen-bond donors (Lipinski definition) is 1. The van der Waals surface area contributed by atoms with Crippen LogP contribution in [-0.2, 0) is 16.6 Å². The molecule has 0 spiro atoms. The molecule has 0 amide bonds. The Morgan fingerprint density at radius 3 is 2.04 bits per heavy atom. The highest BCUT2D eigenvalue weighted by molar-refractivity contribution is 7.76. The van der Waals surface area contributed by atoms with Crippen molar-refractivity contribution in [2.75, 3.05) is 0 Å². The van der Waals surface area contributed by atoms with Gasteiger partial charge in [0.05, 0.1) is 0 Å². The van der Waals surface area contributed by atoms with Crippen molar-refractivity contribution in [1.82, 2.24) is 0 Å². The van der Waals surface area contributed by atoms with E-state index in [1.54, 1.807) is 0 Å². The van der Waals surface area contributed by atoms with Gasteiger partial charge in [0, 0.05) is 10.9 Å². The first-order valence-electron chi connectivity index (χ1n) is 7.84. The number of hydrogen-bond acceptors (Lipinski definition) is 5. The van der Waals surface area contributed by atoms with Gasteiger partial charge in [-0.3, -0.25) is 0 Å². The fourth-order valence-corrected chi connectivity index (χ4v) is 17.6. The molecule has 0 aliphatic heterocycles. The average Bonchev–Trinajstić information content (AvgIpc) is 2.45. The molecule has 9 heteroatoms. The van der Waals surface area contributed by atoms with Gasteiger partial charge in [-0.2, -0.15) is 0 Å². The van der Waals surface area contributed by atoms with Crippen molar-refractivity contribution in [1.29, 1.82) is 0 Å². The van der Waals surface area contributed by atoms with E-state index < -0.39 is 34.1 Å². The van der Waals surface area contributed by atoms with E-state index in [0.717, 1.165) is 5.19 Å². The van der Waals surface area contributed by atoms with Gasteiger partial charge in [-0.15, -0.1) is 0 Å². The lowest BCUT2D eigenvalue weighted by Gasteiger charge is -2.38. The summed E-state index contributed by atoms with van der Waals surface area (Å²) in [6.07, 6.45) is 0. The Bertz CT molecular complexity index is 521. The van der Waals surface area contributed by atoms with Gasteiger partial charge < -0.3 is 16.6 Å². The monoisotopic (exact) mass is 404 g/mol. The van der Waals surface area contributed by atoms with E-state index in [2.05, 4.69) is 45.6 Å². The topological polar surface area (TPSA) is 44.8 Å². The van der Waals surface area contributed by atoms with Gasteiger partial charge in [0.15, 0.2) is 16.6 Å². The fraction of sp³-hybridized carbons (Fsp3) is 0.571. The van der Waals surface area contributed by atoms with E-state index in [9.17, 15) is 4.46 Å². The minimum absolute atomic E-state index is 0.641. The molecule has 0 aromatic heterocycles. The predicted molar refractivity (Wildman–Crippen MR) is 107 cm³/mol. The summed E-state index contributed by atoms with van der Waals surface area (Å²) in [5.74, 6) is 0. The number of rotatable bonds is 9. The van der Waals surface area contributed by atoms with Crippen LogP contribution in [0.1, 0.15) is 6.92 Å². The highest BCUT2D eigenvalue weighted by Crippen LogP contribution is 2.25. The van der Waals surface area contributed by atoms with Crippen LogP contribution < -0.4 is 5.19 Å². The van der Waals surface area contributed by atoms with Crippen molar-refractivity contribution in [3.05, 3.63) is 30.3 Å². The molecule has 0 bridgehead atoms. The van der Waals surface area contributed by atoms with Gasteiger partial charge >= 0.3 is 8.80 Å². The van der Waals surface area contributed by atoms with E-state index in [4.69, 9.17) is 12.1 Å². The van der Waals surface area contributed by atoms with Crippen LogP contribution in [0.2, 0.25) is 44.4 Å². The summed E-state index contributed by atoms with van der Waals surface area (Å²) in [5.41, 5.74) is 0.641. The van der Waals surface area contributed by atoms with Crippen LogP contribution >= 0.6 is 12.9 Å². The molecule has 0 radical (unpaired) electrons. The Labute approximate surface area is 150 Å². The van der Waals surface area contributed by atoms with Crippen LogP contribution in [0, 0.1) is 0 Å². The zero-order valence-corrected chi connectivity index (χ0v) is 19.8. The van der Waals surface area contributed by atoms with Crippen molar-refractivity contribution in [2.24, 2.45) is 0 Å². The number of thiol groups is 1. The van der Waals surface area contributed by atoms with E-state index in [1.165, 1.54) is 0 Å². The molecule has 0 saturated carbocycles. The maximum atomic E-state index is 12.1. The summed E-state index contributed by atoms with van der Waals surface area (Å²) in [4.78, 5) is 0. The first-order valence-corrected chi connectivity index (χ1v) is 18.3. The minimum atomic E-state index is -3.13. The molecule has 4 nitrogen and oxygen atoms in total. The smallest absolute Gasteiger partial charge is 0.413 e. The van der Waals surface area contributed by atoms with Gasteiger partial charge in [-0.25, -0.2) is 0 Å². The van der Waals surface area contributed by atoms with Crippen LogP contribution in [0.3, 0.4) is 0 Å². The number of benzene rings is 1. The van der Waals surface area contributed by atoms with E-state index >= 15 is 0 Å². The SMILES string of the molecule is CC[Si](=O)C[Si](C)(C)O[Si](OS)(O[Si](C)(C)C)c1ccccc1. The van der Waals surface area contributed by atoms with E-state index in [-0.39, 0.29) is 0 Å². The second-order valence-corrected chi connectivity index (χ2v) is 22.2. The van der Waals surface area contributed by atoms with Crippen LogP contribution in [-0.4, -0.2) is 34.1 Å². The molecular weight excluding hydrogens is 377 g/mol. The molecule has 0 saturated heterocycles. The molecule has 1 unspecified atom stereocenters. The van der Waals surface area contributed by atoms with Crippen molar-refractivity contribution >= 4 is 52.2 Å². The van der Waals surface area contributed by atoms with E-state index in [1.807, 2.05) is 37.3 Å². The van der Waals surface area contributed by atoms with Crippen LogP contribution in [0.25, 0.3) is 0 Å². The second-order valence-electron chi connectivity index (χ2n) is 7.16. The Morgan fingerprint density at radius 2 is 1.61 bits per heavy atom. The lowest BCUT2D eigenvalue weighted by Crippen LogP contribution is -2.64. The van der Waals surface area contributed by atoms with Crippen LogP contribution in [0.5, 0.6) is 0 Å². The van der Waals surface area contributed by atoms with E-state index in [0.29, 0.717) is 11.7 Å². The summed E-state index contributed by atoms with van der Waals surface area (Å²) in [7, 11) is -8.87. The zero-order chi connectivity index (χ0) is 17.7. The first-order chi connectivity index (χ1) is 10.5. The Kier molecular flexibility index (Phi) is 7.80. The second kappa shape index (κ2) is 8.47. The summed E-state index contributed by atoms with van der Waals surface area (Å²) in [6.45, 7) is 12.4. The molecule has 0 N–H and O–H groups in total. The van der Waals surface area contributed by atoms with Gasteiger partial charge in [0.25, 0.3) is 8.68 Å². The third-order valence-electron chi connectivity index (χ3n) is 3.12. The van der Waals surface area contributed by atoms with Crippen molar-refractivity contribution in [3.63, 3.8) is 0 Å².